The van der Waals surface area contributed by atoms with Crippen LogP contribution in [0.25, 0.3) is 0 Å². The van der Waals surface area contributed by atoms with Gasteiger partial charge in [0.2, 0.25) is 11.8 Å². The van der Waals surface area contributed by atoms with Crippen molar-refractivity contribution in [3.63, 3.8) is 0 Å². The van der Waals surface area contributed by atoms with Crippen LogP contribution in [-0.4, -0.2) is 11.8 Å². The van der Waals surface area contributed by atoms with Crippen molar-refractivity contribution in [1.82, 2.24) is 5.32 Å². The summed E-state index contributed by atoms with van der Waals surface area (Å²) in [5.41, 5.74) is 0.634. The predicted molar refractivity (Wildman–Crippen MR) is 96.2 cm³/mol. The highest BCUT2D eigenvalue weighted by Crippen LogP contribution is 2.76. The van der Waals surface area contributed by atoms with Crippen molar-refractivity contribution in [1.29, 1.82) is 0 Å². The van der Waals surface area contributed by atoms with Crippen LogP contribution in [0.2, 0.25) is 0 Å². The summed E-state index contributed by atoms with van der Waals surface area (Å²) in [5.74, 6) is 5.49. The fourth-order valence-corrected chi connectivity index (χ4v) is 9.01. The summed E-state index contributed by atoms with van der Waals surface area (Å²) in [5, 5.41) is 2.66. The number of fused-ring (bicyclic) bond motifs is 12. The van der Waals surface area contributed by atoms with Gasteiger partial charge in [-0.2, -0.15) is 0 Å². The molecule has 3 heteroatoms. The Bertz CT molecular complexity index is 600. The molecule has 4 aliphatic carbocycles. The molecule has 0 aromatic rings. The first kappa shape index (κ1) is 16.3. The van der Waals surface area contributed by atoms with E-state index in [1.165, 1.54) is 6.42 Å². The summed E-state index contributed by atoms with van der Waals surface area (Å²) in [6, 6.07) is 0. The van der Waals surface area contributed by atoms with Crippen LogP contribution < -0.4 is 5.32 Å². The minimum absolute atomic E-state index is 0.00630. The Labute approximate surface area is 151 Å². The average molecular weight is 344 g/mol. The van der Waals surface area contributed by atoms with Crippen molar-refractivity contribution in [3.8, 4) is 0 Å². The molecule has 3 nitrogen and oxygen atoms in total. The lowest BCUT2D eigenvalue weighted by Gasteiger charge is -2.53. The van der Waals surface area contributed by atoms with E-state index in [2.05, 4.69) is 46.9 Å². The lowest BCUT2D eigenvalue weighted by Crippen LogP contribution is -2.50. The topological polar surface area (TPSA) is 46.2 Å². The van der Waals surface area contributed by atoms with Crippen molar-refractivity contribution < 1.29 is 9.59 Å². The summed E-state index contributed by atoms with van der Waals surface area (Å²) in [6.07, 6.45) is 2.49. The van der Waals surface area contributed by atoms with Gasteiger partial charge in [-0.15, -0.1) is 0 Å². The maximum atomic E-state index is 12.4. The standard InChI is InChI=1S/C22H33NO2/c1-21(2,3)17-11-8-12(18(17)22(4,5)6)14-10-7-9(13(11)14)15-16(10)20(25)23-19(15)24/h9-18H,7-8H2,1-6H3,(H,23,24,25). The van der Waals surface area contributed by atoms with Gasteiger partial charge in [0.25, 0.3) is 0 Å². The monoisotopic (exact) mass is 343 g/mol. The normalized spacial score (nSPS) is 53.4. The van der Waals surface area contributed by atoms with Crippen LogP contribution in [0, 0.1) is 70.0 Å². The molecule has 4 bridgehead atoms. The first-order valence-electron chi connectivity index (χ1n) is 10.4. The van der Waals surface area contributed by atoms with E-state index in [9.17, 15) is 9.59 Å². The van der Waals surface area contributed by atoms with E-state index in [0.717, 1.165) is 30.1 Å². The van der Waals surface area contributed by atoms with Crippen LogP contribution in [0.5, 0.6) is 0 Å². The van der Waals surface area contributed by atoms with Crippen molar-refractivity contribution in [2.24, 2.45) is 70.0 Å². The molecule has 10 atom stereocenters. The molecule has 10 unspecified atom stereocenters. The molecule has 2 amide bonds. The van der Waals surface area contributed by atoms with Gasteiger partial charge >= 0.3 is 0 Å². The third-order valence-electron chi connectivity index (χ3n) is 8.98. The number of imide groups is 1. The van der Waals surface area contributed by atoms with Crippen LogP contribution in [0.4, 0.5) is 0 Å². The highest BCUT2D eigenvalue weighted by atomic mass is 16.2. The number of amides is 2. The van der Waals surface area contributed by atoms with Crippen molar-refractivity contribution >= 4 is 11.8 Å². The number of rotatable bonds is 0. The van der Waals surface area contributed by atoms with E-state index in [1.54, 1.807) is 0 Å². The van der Waals surface area contributed by atoms with Gasteiger partial charge in [0.15, 0.2) is 0 Å². The summed E-state index contributed by atoms with van der Waals surface area (Å²) < 4.78 is 0. The molecule has 5 fully saturated rings. The second-order valence-corrected chi connectivity index (χ2v) is 12.0. The van der Waals surface area contributed by atoms with Gasteiger partial charge in [-0.3, -0.25) is 14.9 Å². The zero-order chi connectivity index (χ0) is 18.0. The van der Waals surface area contributed by atoms with Gasteiger partial charge in [-0.1, -0.05) is 41.5 Å². The van der Waals surface area contributed by atoms with Crippen molar-refractivity contribution in [3.05, 3.63) is 0 Å². The maximum Gasteiger partial charge on any atom is 0.230 e. The third-order valence-corrected chi connectivity index (χ3v) is 8.98. The first-order chi connectivity index (χ1) is 11.5. The molecule has 4 saturated carbocycles. The van der Waals surface area contributed by atoms with Crippen LogP contribution in [-0.2, 0) is 9.59 Å². The summed E-state index contributed by atoms with van der Waals surface area (Å²) in [4.78, 5) is 24.8. The lowest BCUT2D eigenvalue weighted by molar-refractivity contribution is -0.128. The van der Waals surface area contributed by atoms with Gasteiger partial charge in [0, 0.05) is 0 Å². The second kappa shape index (κ2) is 4.51. The number of hydrogen-bond donors (Lipinski definition) is 1. The van der Waals surface area contributed by atoms with E-state index in [1.807, 2.05) is 0 Å². The van der Waals surface area contributed by atoms with Gasteiger partial charge in [-0.05, 0) is 71.0 Å². The number of nitrogens with one attached hydrogen (secondary N) is 1. The average Bonchev–Trinajstić information content (AvgIpc) is 3.19. The summed E-state index contributed by atoms with van der Waals surface area (Å²) in [6.45, 7) is 14.5. The largest absolute Gasteiger partial charge is 0.296 e. The molecule has 5 aliphatic rings. The second-order valence-electron chi connectivity index (χ2n) is 12.0. The van der Waals surface area contributed by atoms with Crippen LogP contribution in [0.3, 0.4) is 0 Å². The number of hydrogen-bond acceptors (Lipinski definition) is 2. The van der Waals surface area contributed by atoms with E-state index in [-0.39, 0.29) is 23.7 Å². The van der Waals surface area contributed by atoms with Crippen molar-refractivity contribution in [2.75, 3.05) is 0 Å². The third kappa shape index (κ3) is 1.83. The predicted octanol–water partition coefficient (Wildman–Crippen LogP) is 3.73. The Morgan fingerprint density at radius 2 is 1.04 bits per heavy atom. The molecule has 138 valence electrons. The molecule has 1 saturated heterocycles. The van der Waals surface area contributed by atoms with E-state index in [0.29, 0.717) is 34.5 Å². The van der Waals surface area contributed by atoms with Gasteiger partial charge < -0.3 is 0 Å². The fourth-order valence-electron chi connectivity index (χ4n) is 9.01. The summed E-state index contributed by atoms with van der Waals surface area (Å²) >= 11 is 0. The van der Waals surface area contributed by atoms with Crippen LogP contribution in [0.1, 0.15) is 54.4 Å². The molecule has 1 N–H and O–H groups in total. The Hall–Kier alpha value is -0.860. The minimum atomic E-state index is 0.00630. The fraction of sp³-hybridized carbons (Fsp3) is 0.909. The maximum absolute atomic E-state index is 12.4. The molecule has 5 rings (SSSR count). The van der Waals surface area contributed by atoms with Crippen LogP contribution >= 0.6 is 0 Å². The molecule has 1 heterocycles. The highest BCUT2D eigenvalue weighted by Gasteiger charge is 2.74. The molecule has 0 aromatic heterocycles. The molecular weight excluding hydrogens is 310 g/mol. The van der Waals surface area contributed by atoms with E-state index in [4.69, 9.17) is 0 Å². The number of carbonyl (C=O) groups is 2. The lowest BCUT2D eigenvalue weighted by atomic mass is 9.51. The zero-order valence-corrected chi connectivity index (χ0v) is 16.5. The van der Waals surface area contributed by atoms with Crippen molar-refractivity contribution in [2.45, 2.75) is 54.4 Å². The quantitative estimate of drug-likeness (QED) is 0.538. The Morgan fingerprint density at radius 1 is 0.680 bits per heavy atom. The zero-order valence-electron chi connectivity index (χ0n) is 16.5. The molecule has 25 heavy (non-hydrogen) atoms. The van der Waals surface area contributed by atoms with Crippen LogP contribution in [0.15, 0.2) is 0 Å². The van der Waals surface area contributed by atoms with E-state index >= 15 is 0 Å². The minimum Gasteiger partial charge on any atom is -0.296 e. The van der Waals surface area contributed by atoms with E-state index < -0.39 is 0 Å². The Kier molecular flexibility index (Phi) is 2.95. The first-order valence-corrected chi connectivity index (χ1v) is 10.4. The highest BCUT2D eigenvalue weighted by molar-refractivity contribution is 6.06. The molecule has 1 aliphatic heterocycles. The van der Waals surface area contributed by atoms with Gasteiger partial charge in [0.05, 0.1) is 11.8 Å². The molecule has 0 spiro atoms. The summed E-state index contributed by atoms with van der Waals surface area (Å²) in [7, 11) is 0. The van der Waals surface area contributed by atoms with Gasteiger partial charge in [0.1, 0.15) is 0 Å². The Balaban J connectivity index is 1.57. The van der Waals surface area contributed by atoms with Gasteiger partial charge in [-0.25, -0.2) is 0 Å². The number of carbonyl (C=O) groups excluding carboxylic acids is 2. The molecular formula is C22H33NO2. The Morgan fingerprint density at radius 3 is 1.40 bits per heavy atom. The SMILES string of the molecule is CC(C)(C)C1C2CC(C3C4CC(C5C(=O)NC(=O)C45)C23)C1C(C)(C)C. The smallest absolute Gasteiger partial charge is 0.230 e. The molecule has 0 aromatic carbocycles. The molecule has 0 radical (unpaired) electrons.